The molecule has 0 aliphatic rings. The molecule has 3 nitrogen and oxygen atoms in total. The Hall–Kier alpha value is -1.16. The highest BCUT2D eigenvalue weighted by atomic mass is 32.2. The Bertz CT molecular complexity index is 402. The number of phenolic OH excluding ortho intramolecular Hbond substituents is 1. The second-order valence-electron chi connectivity index (χ2n) is 6.18. The number of nitrogens with zero attached hydrogens (tertiary/aromatic N) is 1. The van der Waals surface area contributed by atoms with Gasteiger partial charge in [0, 0.05) is 13.1 Å². The zero-order chi connectivity index (χ0) is 17.1. The van der Waals surface area contributed by atoms with Crippen LogP contribution in [0.1, 0.15) is 40.2 Å². The Kier molecular flexibility index (Phi) is 10.8. The molecule has 1 N–H and O–H groups in total. The highest BCUT2D eigenvalue weighted by Gasteiger charge is 2.15. The Morgan fingerprint density at radius 2 is 1.64 bits per heavy atom. The summed E-state index contributed by atoms with van der Waals surface area (Å²) in [6, 6.07) is 7.25. The van der Waals surface area contributed by atoms with Gasteiger partial charge in [0.2, 0.25) is 0 Å². The largest absolute Gasteiger partial charge is 0.508 e. The van der Waals surface area contributed by atoms with E-state index in [1.807, 2.05) is 36.9 Å². The second kappa shape index (κ2) is 11.4. The van der Waals surface area contributed by atoms with Gasteiger partial charge in [0.25, 0.3) is 5.24 Å². The number of hydrogen-bond donors (Lipinski definition) is 1. The van der Waals surface area contributed by atoms with E-state index in [-0.39, 0.29) is 5.24 Å². The molecule has 0 heterocycles. The number of aromatic hydroxyl groups is 1. The van der Waals surface area contributed by atoms with Gasteiger partial charge in [-0.25, -0.2) is 0 Å². The number of hydrogen-bond acceptors (Lipinski definition) is 3. The lowest BCUT2D eigenvalue weighted by Crippen LogP contribution is -2.34. The van der Waals surface area contributed by atoms with E-state index in [9.17, 15) is 4.79 Å². The molecule has 0 unspecified atom stereocenters. The summed E-state index contributed by atoms with van der Waals surface area (Å²) >= 11 is 1.41. The topological polar surface area (TPSA) is 40.5 Å². The quantitative estimate of drug-likeness (QED) is 0.811. The van der Waals surface area contributed by atoms with Crippen LogP contribution in [0.2, 0.25) is 0 Å². The first-order chi connectivity index (χ1) is 10.3. The third kappa shape index (κ3) is 9.72. The zero-order valence-electron chi connectivity index (χ0n) is 14.8. The smallest absolute Gasteiger partial charge is 0.281 e. The van der Waals surface area contributed by atoms with Gasteiger partial charge in [-0.2, -0.15) is 0 Å². The molecular formula is C18H31NO2S. The normalized spacial score (nSPS) is 10.4. The predicted octanol–water partition coefficient (Wildman–Crippen LogP) is 5.17. The van der Waals surface area contributed by atoms with Crippen molar-refractivity contribution in [1.29, 1.82) is 0 Å². The summed E-state index contributed by atoms with van der Waals surface area (Å²) in [4.78, 5) is 13.7. The van der Waals surface area contributed by atoms with Gasteiger partial charge < -0.3 is 10.0 Å². The highest BCUT2D eigenvalue weighted by Crippen LogP contribution is 2.13. The molecule has 0 spiro atoms. The first-order valence-electron chi connectivity index (χ1n) is 7.94. The monoisotopic (exact) mass is 325 g/mol. The maximum Gasteiger partial charge on any atom is 0.281 e. The van der Waals surface area contributed by atoms with Crippen molar-refractivity contribution < 1.29 is 9.90 Å². The van der Waals surface area contributed by atoms with E-state index in [1.54, 1.807) is 6.07 Å². The van der Waals surface area contributed by atoms with Crippen LogP contribution in [0.4, 0.5) is 4.79 Å². The lowest BCUT2D eigenvalue weighted by Gasteiger charge is -2.25. The fourth-order valence-electron chi connectivity index (χ4n) is 1.88. The van der Waals surface area contributed by atoms with Gasteiger partial charge in [0.15, 0.2) is 0 Å². The van der Waals surface area contributed by atoms with E-state index in [1.165, 1.54) is 11.8 Å². The van der Waals surface area contributed by atoms with Crippen molar-refractivity contribution in [3.63, 3.8) is 0 Å². The Morgan fingerprint density at radius 1 is 1.14 bits per heavy atom. The number of phenols is 1. The van der Waals surface area contributed by atoms with Crippen molar-refractivity contribution in [2.75, 3.05) is 18.8 Å². The molecule has 0 aliphatic carbocycles. The van der Waals surface area contributed by atoms with Gasteiger partial charge in [-0.15, -0.1) is 0 Å². The van der Waals surface area contributed by atoms with Gasteiger partial charge in [0.05, 0.1) is 0 Å². The average Bonchev–Trinajstić information content (AvgIpc) is 2.41. The van der Waals surface area contributed by atoms with Crippen LogP contribution in [0.5, 0.6) is 5.75 Å². The van der Waals surface area contributed by atoms with E-state index in [2.05, 4.69) is 27.7 Å². The summed E-state index contributed by atoms with van der Waals surface area (Å²) in [7, 11) is 0. The lowest BCUT2D eigenvalue weighted by atomic mass is 10.1. The summed E-state index contributed by atoms with van der Waals surface area (Å²) < 4.78 is 0. The van der Waals surface area contributed by atoms with Crippen LogP contribution in [0.15, 0.2) is 24.3 Å². The van der Waals surface area contributed by atoms with E-state index in [0.29, 0.717) is 17.6 Å². The molecule has 0 saturated carbocycles. The molecule has 0 fully saturated rings. The van der Waals surface area contributed by atoms with Crippen LogP contribution < -0.4 is 0 Å². The number of para-hydroxylation sites is 1. The summed E-state index contributed by atoms with van der Waals surface area (Å²) in [6.45, 7) is 14.2. The van der Waals surface area contributed by atoms with Crippen LogP contribution in [-0.4, -0.2) is 34.1 Å². The van der Waals surface area contributed by atoms with Crippen molar-refractivity contribution in [2.45, 2.75) is 41.5 Å². The van der Waals surface area contributed by atoms with Gasteiger partial charge >= 0.3 is 0 Å². The van der Waals surface area contributed by atoms with Crippen molar-refractivity contribution in [2.24, 2.45) is 11.8 Å². The predicted molar refractivity (Wildman–Crippen MR) is 97.6 cm³/mol. The van der Waals surface area contributed by atoms with Gasteiger partial charge in [-0.3, -0.25) is 4.79 Å². The maximum atomic E-state index is 11.7. The molecule has 0 radical (unpaired) electrons. The summed E-state index contributed by atoms with van der Waals surface area (Å²) in [5.74, 6) is 2.34. The van der Waals surface area contributed by atoms with Gasteiger partial charge in [-0.1, -0.05) is 64.6 Å². The molecule has 126 valence electrons. The van der Waals surface area contributed by atoms with Crippen LogP contribution in [0.25, 0.3) is 0 Å². The Labute approximate surface area is 140 Å². The Balaban J connectivity index is 0.000000461. The fraction of sp³-hybridized carbons (Fsp3) is 0.611. The standard InChI is InChI=1S/C11H23NOS.C7H8O/c1-6-14-11(13)12(7-9(2)3)8-10(4)5;1-6-4-2-3-5-7(6)8/h9-10H,6-8H2,1-5H3;2-5,8H,1H3. The van der Waals surface area contributed by atoms with E-state index < -0.39 is 0 Å². The SMILES string of the molecule is CCSC(=O)N(CC(C)C)CC(C)C.Cc1ccccc1O. The molecule has 22 heavy (non-hydrogen) atoms. The molecule has 0 saturated heterocycles. The van der Waals surface area contributed by atoms with Crippen molar-refractivity contribution >= 4 is 17.0 Å². The lowest BCUT2D eigenvalue weighted by molar-refractivity contribution is 0.208. The zero-order valence-corrected chi connectivity index (χ0v) is 15.6. The molecule has 0 aliphatic heterocycles. The molecule has 4 heteroatoms. The van der Waals surface area contributed by atoms with Crippen molar-refractivity contribution in [3.05, 3.63) is 29.8 Å². The third-order valence-corrected chi connectivity index (χ3v) is 3.61. The van der Waals surface area contributed by atoms with Gasteiger partial charge in [-0.05, 0) is 36.1 Å². The maximum absolute atomic E-state index is 11.7. The molecular weight excluding hydrogens is 294 g/mol. The summed E-state index contributed by atoms with van der Waals surface area (Å²) in [6.07, 6.45) is 0. The van der Waals surface area contributed by atoms with E-state index >= 15 is 0 Å². The number of amides is 1. The van der Waals surface area contributed by atoms with Crippen LogP contribution in [0, 0.1) is 18.8 Å². The number of benzene rings is 1. The molecule has 0 bridgehead atoms. The third-order valence-electron chi connectivity index (χ3n) is 2.81. The summed E-state index contributed by atoms with van der Waals surface area (Å²) in [5.41, 5.74) is 0.924. The molecule has 1 amide bonds. The van der Waals surface area contributed by atoms with Crippen molar-refractivity contribution in [1.82, 2.24) is 4.90 Å². The Morgan fingerprint density at radius 3 is 1.95 bits per heavy atom. The number of rotatable bonds is 5. The molecule has 0 aromatic heterocycles. The molecule has 0 atom stereocenters. The minimum atomic E-state index is 0.231. The number of thioether (sulfide) groups is 1. The van der Waals surface area contributed by atoms with Crippen LogP contribution >= 0.6 is 11.8 Å². The van der Waals surface area contributed by atoms with Crippen LogP contribution in [0.3, 0.4) is 0 Å². The molecule has 1 rings (SSSR count). The number of carbonyl (C=O) groups excluding carboxylic acids is 1. The van der Waals surface area contributed by atoms with E-state index in [0.717, 1.165) is 24.4 Å². The van der Waals surface area contributed by atoms with Crippen molar-refractivity contribution in [3.8, 4) is 5.75 Å². The number of carbonyl (C=O) groups is 1. The molecule has 1 aromatic carbocycles. The highest BCUT2D eigenvalue weighted by molar-refractivity contribution is 8.13. The fourth-order valence-corrected chi connectivity index (χ4v) is 2.46. The minimum Gasteiger partial charge on any atom is -0.508 e. The average molecular weight is 326 g/mol. The number of aryl methyl sites for hydroxylation is 1. The first kappa shape index (κ1) is 20.8. The minimum absolute atomic E-state index is 0.231. The van der Waals surface area contributed by atoms with Gasteiger partial charge in [0.1, 0.15) is 5.75 Å². The van der Waals surface area contributed by atoms with E-state index in [4.69, 9.17) is 5.11 Å². The second-order valence-corrected chi connectivity index (χ2v) is 7.39. The molecule has 1 aromatic rings. The summed E-state index contributed by atoms with van der Waals surface area (Å²) in [5, 5.41) is 9.15. The first-order valence-corrected chi connectivity index (χ1v) is 8.92. The van der Waals surface area contributed by atoms with Crippen LogP contribution in [-0.2, 0) is 0 Å².